The smallest absolute Gasteiger partial charge is 0.306 e. The van der Waals surface area contributed by atoms with Crippen molar-refractivity contribution in [2.24, 2.45) is 0 Å². The predicted molar refractivity (Wildman–Crippen MR) is 209 cm³/mol. The van der Waals surface area contributed by atoms with Gasteiger partial charge in [0.25, 0.3) is 0 Å². The van der Waals surface area contributed by atoms with Gasteiger partial charge in [-0.05, 0) is 64.2 Å². The molecule has 0 saturated carbocycles. The molecular weight excluding hydrogens is 610 g/mol. The number of esters is 2. The number of allylic oxidation sites excluding steroid dienone is 4. The van der Waals surface area contributed by atoms with Crippen molar-refractivity contribution in [1.82, 2.24) is 0 Å². The highest BCUT2D eigenvalue weighted by atomic mass is 16.6. The fourth-order valence-corrected chi connectivity index (χ4v) is 6.22. The summed E-state index contributed by atoms with van der Waals surface area (Å²) in [5, 5.41) is 9.46. The molecule has 6 nitrogen and oxygen atoms in total. The topological polar surface area (TPSA) is 72.8 Å². The first-order valence-electron chi connectivity index (χ1n) is 20.9. The zero-order valence-electron chi connectivity index (χ0n) is 33.0. The van der Waals surface area contributed by atoms with Crippen molar-refractivity contribution in [3.63, 3.8) is 0 Å². The molecule has 6 heteroatoms. The summed E-state index contributed by atoms with van der Waals surface area (Å²) in [6.07, 6.45) is 41.4. The number of likely N-dealkylation sites (N-methyl/N-ethyl adjacent to an activating group) is 1. The van der Waals surface area contributed by atoms with E-state index in [-0.39, 0.29) is 25.2 Å². The van der Waals surface area contributed by atoms with Crippen molar-refractivity contribution >= 4 is 11.9 Å². The van der Waals surface area contributed by atoms with E-state index < -0.39 is 6.10 Å². The molecule has 0 aromatic heterocycles. The second-order valence-corrected chi connectivity index (χ2v) is 15.0. The lowest BCUT2D eigenvalue weighted by molar-refractivity contribution is -0.893. The molecule has 0 fully saturated rings. The Labute approximate surface area is 304 Å². The predicted octanol–water partition coefficient (Wildman–Crippen LogP) is 11.6. The number of nitrogens with zero attached hydrogens (tertiary/aromatic N) is 1. The molecule has 0 bridgehead atoms. The van der Waals surface area contributed by atoms with Crippen LogP contribution in [0.1, 0.15) is 194 Å². The van der Waals surface area contributed by atoms with E-state index in [9.17, 15) is 14.7 Å². The number of rotatable bonds is 37. The molecule has 0 aliphatic carbocycles. The summed E-state index contributed by atoms with van der Waals surface area (Å²) < 4.78 is 11.9. The zero-order chi connectivity index (χ0) is 36.1. The Morgan fingerprint density at radius 2 is 0.918 bits per heavy atom. The van der Waals surface area contributed by atoms with Crippen molar-refractivity contribution < 1.29 is 28.7 Å². The molecule has 0 saturated heterocycles. The molecule has 1 N–H and O–H groups in total. The number of aliphatic hydroxyl groups is 1. The third-order valence-corrected chi connectivity index (χ3v) is 9.42. The maximum absolute atomic E-state index is 12.7. The van der Waals surface area contributed by atoms with Gasteiger partial charge in [-0.25, -0.2) is 0 Å². The SMILES string of the molecule is CCCCCCCCC=CCCCCCCCC(=O)OCC(C[N+](C)(C)CCO)OC(=O)CCCCCCC/C=C\CCCCCCCC. The molecule has 0 radical (unpaired) electrons. The van der Waals surface area contributed by atoms with Gasteiger partial charge in [-0.2, -0.15) is 0 Å². The second kappa shape index (κ2) is 36.1. The quantitative estimate of drug-likeness (QED) is 0.0304. The van der Waals surface area contributed by atoms with Crippen LogP contribution in [0, 0.1) is 0 Å². The first-order valence-corrected chi connectivity index (χ1v) is 20.9. The molecule has 1 atom stereocenters. The van der Waals surface area contributed by atoms with Crippen LogP contribution in [0.5, 0.6) is 0 Å². The lowest BCUT2D eigenvalue weighted by atomic mass is 10.1. The Hall–Kier alpha value is -1.66. The molecule has 0 aromatic rings. The van der Waals surface area contributed by atoms with Crippen molar-refractivity contribution in [2.45, 2.75) is 200 Å². The first kappa shape index (κ1) is 47.3. The van der Waals surface area contributed by atoms with Crippen molar-refractivity contribution in [2.75, 3.05) is 40.4 Å². The van der Waals surface area contributed by atoms with Crippen molar-refractivity contribution in [1.29, 1.82) is 0 Å². The number of hydrogen-bond acceptors (Lipinski definition) is 5. The third kappa shape index (κ3) is 36.0. The molecule has 0 aliphatic heterocycles. The van der Waals surface area contributed by atoms with Crippen LogP contribution >= 0.6 is 0 Å². The number of hydrogen-bond donors (Lipinski definition) is 1. The number of carbonyl (C=O) groups excluding carboxylic acids is 2. The van der Waals surface area contributed by atoms with Crippen LogP contribution in [0.15, 0.2) is 24.3 Å². The second-order valence-electron chi connectivity index (χ2n) is 15.0. The van der Waals surface area contributed by atoms with Crippen LogP contribution in [0.3, 0.4) is 0 Å². The van der Waals surface area contributed by atoms with Gasteiger partial charge in [-0.3, -0.25) is 9.59 Å². The average Bonchev–Trinajstić information content (AvgIpc) is 3.07. The highest BCUT2D eigenvalue weighted by Gasteiger charge is 2.26. The highest BCUT2D eigenvalue weighted by molar-refractivity contribution is 5.70. The Morgan fingerprint density at radius 3 is 1.33 bits per heavy atom. The van der Waals surface area contributed by atoms with Gasteiger partial charge in [0.1, 0.15) is 19.7 Å². The van der Waals surface area contributed by atoms with Crippen LogP contribution in [0.25, 0.3) is 0 Å². The normalized spacial score (nSPS) is 12.7. The van der Waals surface area contributed by atoms with Crippen LogP contribution < -0.4 is 0 Å². The fraction of sp³-hybridized carbons (Fsp3) is 0.860. The van der Waals surface area contributed by atoms with E-state index in [1.54, 1.807) is 0 Å². The number of quaternary nitrogens is 1. The van der Waals surface area contributed by atoms with Crippen LogP contribution in [0.2, 0.25) is 0 Å². The van der Waals surface area contributed by atoms with E-state index in [1.165, 1.54) is 116 Å². The summed E-state index contributed by atoms with van der Waals surface area (Å²) in [6, 6.07) is 0. The number of unbranched alkanes of at least 4 members (excludes halogenated alkanes) is 22. The highest BCUT2D eigenvalue weighted by Crippen LogP contribution is 2.14. The minimum absolute atomic E-state index is 0.0534. The molecular formula is C43H82NO5+. The van der Waals surface area contributed by atoms with Gasteiger partial charge >= 0.3 is 11.9 Å². The Kier molecular flexibility index (Phi) is 34.9. The molecule has 1 unspecified atom stereocenters. The summed E-state index contributed by atoms with van der Waals surface area (Å²) >= 11 is 0. The van der Waals surface area contributed by atoms with E-state index in [1.807, 2.05) is 14.1 Å². The van der Waals surface area contributed by atoms with Crippen LogP contribution in [0.4, 0.5) is 0 Å². The number of ether oxygens (including phenoxy) is 2. The van der Waals surface area contributed by atoms with Crippen LogP contribution in [-0.4, -0.2) is 68.0 Å². The van der Waals surface area contributed by atoms with Gasteiger partial charge in [0.15, 0.2) is 6.10 Å². The Morgan fingerprint density at radius 1 is 0.551 bits per heavy atom. The van der Waals surface area contributed by atoms with E-state index in [0.29, 0.717) is 30.4 Å². The Bertz CT molecular complexity index is 793. The minimum Gasteiger partial charge on any atom is -0.461 e. The number of carbonyl (C=O) groups is 2. The summed E-state index contributed by atoms with van der Waals surface area (Å²) in [5.74, 6) is -0.441. The van der Waals surface area contributed by atoms with E-state index in [2.05, 4.69) is 38.2 Å². The summed E-state index contributed by atoms with van der Waals surface area (Å²) in [4.78, 5) is 25.1. The fourth-order valence-electron chi connectivity index (χ4n) is 6.22. The summed E-state index contributed by atoms with van der Waals surface area (Å²) in [5.41, 5.74) is 0. The van der Waals surface area contributed by atoms with E-state index in [0.717, 1.165) is 51.4 Å². The third-order valence-electron chi connectivity index (χ3n) is 9.42. The monoisotopic (exact) mass is 693 g/mol. The van der Waals surface area contributed by atoms with Gasteiger partial charge in [0.2, 0.25) is 0 Å². The molecule has 0 aromatic carbocycles. The molecule has 0 spiro atoms. The van der Waals surface area contributed by atoms with Crippen molar-refractivity contribution in [3.8, 4) is 0 Å². The van der Waals surface area contributed by atoms with E-state index >= 15 is 0 Å². The van der Waals surface area contributed by atoms with Gasteiger partial charge in [-0.15, -0.1) is 0 Å². The maximum atomic E-state index is 12.7. The number of aliphatic hydroxyl groups excluding tert-OH is 1. The molecule has 288 valence electrons. The largest absolute Gasteiger partial charge is 0.461 e. The summed E-state index contributed by atoms with van der Waals surface area (Å²) in [6.45, 7) is 5.70. The lowest BCUT2D eigenvalue weighted by Gasteiger charge is -2.32. The minimum atomic E-state index is -0.504. The van der Waals surface area contributed by atoms with E-state index in [4.69, 9.17) is 9.47 Å². The van der Waals surface area contributed by atoms with Crippen LogP contribution in [-0.2, 0) is 19.1 Å². The van der Waals surface area contributed by atoms with Gasteiger partial charge in [-0.1, -0.05) is 141 Å². The van der Waals surface area contributed by atoms with Gasteiger partial charge < -0.3 is 19.1 Å². The molecule has 0 rings (SSSR count). The van der Waals surface area contributed by atoms with Gasteiger partial charge in [0.05, 0.1) is 20.7 Å². The average molecular weight is 693 g/mol. The van der Waals surface area contributed by atoms with Crippen molar-refractivity contribution in [3.05, 3.63) is 24.3 Å². The Balaban J connectivity index is 4.07. The maximum Gasteiger partial charge on any atom is 0.306 e. The first-order chi connectivity index (χ1) is 23.8. The molecule has 0 aliphatic rings. The molecule has 49 heavy (non-hydrogen) atoms. The zero-order valence-corrected chi connectivity index (χ0v) is 33.0. The van der Waals surface area contributed by atoms with Gasteiger partial charge in [0, 0.05) is 12.8 Å². The lowest BCUT2D eigenvalue weighted by Crippen LogP contribution is -2.49. The summed E-state index contributed by atoms with van der Waals surface area (Å²) in [7, 11) is 3.99. The standard InChI is InChI=1S/C43H82NO5/c1-5-7-9-11-13-15-17-19-21-23-25-27-29-31-33-35-42(46)48-40-41(39-44(3,4)37-38-45)49-43(47)36-34-32-30-28-26-24-22-20-18-16-14-12-10-8-6-2/h19-22,41,45H,5-18,23-40H2,1-4H3/q+1/b21-19?,22-20-. The molecule has 0 heterocycles. The molecule has 0 amide bonds.